The van der Waals surface area contributed by atoms with Gasteiger partial charge in [-0.2, -0.15) is 0 Å². The molecule has 3 heterocycles. The normalized spacial score (nSPS) is 11.7. The molecule has 0 N–H and O–H groups in total. The molecule has 1 aromatic carbocycles. The maximum atomic E-state index is 11.5. The van der Waals surface area contributed by atoms with Gasteiger partial charge < -0.3 is 4.74 Å². The number of methoxy groups -OCH3 is 1. The van der Waals surface area contributed by atoms with E-state index in [2.05, 4.69) is 29.0 Å². The van der Waals surface area contributed by atoms with Crippen LogP contribution in [0.3, 0.4) is 0 Å². The number of hydrogen-bond donors (Lipinski definition) is 0. The fourth-order valence-electron chi connectivity index (χ4n) is 2.50. The van der Waals surface area contributed by atoms with Gasteiger partial charge in [0.25, 0.3) is 0 Å². The van der Waals surface area contributed by atoms with Crippen molar-refractivity contribution in [2.75, 3.05) is 7.11 Å². The Bertz CT molecular complexity index is 875. The van der Waals surface area contributed by atoms with Crippen LogP contribution in [-0.2, 0) is 16.0 Å². The topological polar surface area (TPSA) is 26.3 Å². The maximum absolute atomic E-state index is 11.5. The zero-order valence-electron chi connectivity index (χ0n) is 10.6. The van der Waals surface area contributed by atoms with Gasteiger partial charge in [-0.25, -0.2) is 0 Å². The molecule has 0 unspecified atom stereocenters. The van der Waals surface area contributed by atoms with E-state index in [-0.39, 0.29) is 5.97 Å². The summed E-state index contributed by atoms with van der Waals surface area (Å²) in [5.41, 5.74) is 0. The molecule has 0 spiro atoms. The second-order valence-electron chi connectivity index (χ2n) is 4.54. The molecule has 4 rings (SSSR count). The van der Waals surface area contributed by atoms with Gasteiger partial charge in [0.1, 0.15) is 0 Å². The predicted octanol–water partition coefficient (Wildman–Crippen LogP) is 5.05. The quantitative estimate of drug-likeness (QED) is 0.484. The van der Waals surface area contributed by atoms with Crippen LogP contribution in [0.4, 0.5) is 0 Å². The zero-order chi connectivity index (χ0) is 13.7. The van der Waals surface area contributed by atoms with Crippen molar-refractivity contribution >= 4 is 70.2 Å². The van der Waals surface area contributed by atoms with Gasteiger partial charge in [-0.1, -0.05) is 0 Å². The summed E-state index contributed by atoms with van der Waals surface area (Å²) >= 11 is 5.28. The maximum Gasteiger partial charge on any atom is 0.310 e. The number of esters is 1. The van der Waals surface area contributed by atoms with Crippen molar-refractivity contribution in [1.29, 1.82) is 0 Å². The van der Waals surface area contributed by atoms with Crippen molar-refractivity contribution in [1.82, 2.24) is 0 Å². The third kappa shape index (κ3) is 1.70. The molecule has 4 aromatic rings. The lowest BCUT2D eigenvalue weighted by molar-refractivity contribution is -0.139. The molecule has 0 aliphatic heterocycles. The van der Waals surface area contributed by atoms with Gasteiger partial charge in [-0.05, 0) is 29.0 Å². The highest BCUT2D eigenvalue weighted by Crippen LogP contribution is 2.43. The number of hydrogen-bond acceptors (Lipinski definition) is 5. The number of rotatable bonds is 2. The molecule has 0 fully saturated rings. The molecule has 0 saturated heterocycles. The minimum atomic E-state index is -0.181. The van der Waals surface area contributed by atoms with Crippen LogP contribution >= 0.6 is 34.0 Å². The van der Waals surface area contributed by atoms with Crippen molar-refractivity contribution in [2.24, 2.45) is 0 Å². The highest BCUT2D eigenvalue weighted by atomic mass is 32.1. The Morgan fingerprint density at radius 1 is 1.05 bits per heavy atom. The first-order valence-electron chi connectivity index (χ1n) is 6.13. The molecule has 0 atom stereocenters. The molecule has 0 aliphatic rings. The van der Waals surface area contributed by atoms with E-state index in [4.69, 9.17) is 4.74 Å². The highest BCUT2D eigenvalue weighted by molar-refractivity contribution is 7.27. The molecule has 0 radical (unpaired) electrons. The van der Waals surface area contributed by atoms with E-state index in [0.29, 0.717) is 6.42 Å². The predicted molar refractivity (Wildman–Crippen MR) is 88.3 cm³/mol. The van der Waals surface area contributed by atoms with Crippen LogP contribution in [0.5, 0.6) is 0 Å². The number of fused-ring (bicyclic) bond motifs is 6. The average Bonchev–Trinajstić information content (AvgIpc) is 3.14. The molecule has 0 saturated carbocycles. The lowest BCUT2D eigenvalue weighted by atomic mass is 10.1. The molecular formula is C15H10O2S3. The van der Waals surface area contributed by atoms with E-state index in [1.807, 2.05) is 0 Å². The van der Waals surface area contributed by atoms with Crippen LogP contribution in [0, 0.1) is 0 Å². The summed E-state index contributed by atoms with van der Waals surface area (Å²) in [4.78, 5) is 12.5. The van der Waals surface area contributed by atoms with Gasteiger partial charge in [0.2, 0.25) is 0 Å². The number of carbonyl (C=O) groups is 1. The number of ether oxygens (including phenoxy) is 1. The zero-order valence-corrected chi connectivity index (χ0v) is 13.1. The lowest BCUT2D eigenvalue weighted by Crippen LogP contribution is -2.02. The Morgan fingerprint density at radius 3 is 2.50 bits per heavy atom. The Hall–Kier alpha value is -1.43. The van der Waals surface area contributed by atoms with Crippen molar-refractivity contribution in [2.45, 2.75) is 6.42 Å². The summed E-state index contributed by atoms with van der Waals surface area (Å²) < 4.78 is 8.76. The Morgan fingerprint density at radius 2 is 1.75 bits per heavy atom. The Balaban J connectivity index is 2.07. The smallest absolute Gasteiger partial charge is 0.310 e. The molecule has 0 amide bonds. The first-order chi connectivity index (χ1) is 9.78. The molecule has 3 aromatic heterocycles. The SMILES string of the molecule is COC(=O)Cc1cc2c3ccsc3c3sccc3c2s1. The average molecular weight is 318 g/mol. The van der Waals surface area contributed by atoms with Crippen molar-refractivity contribution < 1.29 is 9.53 Å². The van der Waals surface area contributed by atoms with E-state index in [0.717, 1.165) is 4.88 Å². The van der Waals surface area contributed by atoms with Gasteiger partial charge in [0.05, 0.1) is 22.9 Å². The largest absolute Gasteiger partial charge is 0.469 e. The van der Waals surface area contributed by atoms with Gasteiger partial charge >= 0.3 is 5.97 Å². The minimum Gasteiger partial charge on any atom is -0.469 e. The van der Waals surface area contributed by atoms with Gasteiger partial charge in [0.15, 0.2) is 0 Å². The highest BCUT2D eigenvalue weighted by Gasteiger charge is 2.15. The minimum absolute atomic E-state index is 0.181. The summed E-state index contributed by atoms with van der Waals surface area (Å²) in [5.74, 6) is -0.181. The van der Waals surface area contributed by atoms with Crippen molar-refractivity contribution in [3.8, 4) is 0 Å². The van der Waals surface area contributed by atoms with E-state index < -0.39 is 0 Å². The molecular weight excluding hydrogens is 308 g/mol. The molecule has 5 heteroatoms. The second-order valence-corrected chi connectivity index (χ2v) is 7.50. The summed E-state index contributed by atoms with van der Waals surface area (Å²) in [6.07, 6.45) is 0.354. The summed E-state index contributed by atoms with van der Waals surface area (Å²) in [5, 5.41) is 8.15. The van der Waals surface area contributed by atoms with Crippen LogP contribution in [0.25, 0.3) is 30.3 Å². The number of carbonyl (C=O) groups excluding carboxylic acids is 1. The van der Waals surface area contributed by atoms with E-state index in [1.165, 1.54) is 37.4 Å². The van der Waals surface area contributed by atoms with E-state index in [9.17, 15) is 4.79 Å². The molecule has 2 nitrogen and oxygen atoms in total. The third-order valence-corrected chi connectivity index (χ3v) is 6.56. The summed E-state index contributed by atoms with van der Waals surface area (Å²) in [7, 11) is 1.43. The first-order valence-corrected chi connectivity index (χ1v) is 8.71. The van der Waals surface area contributed by atoms with E-state index >= 15 is 0 Å². The van der Waals surface area contributed by atoms with Crippen LogP contribution in [-0.4, -0.2) is 13.1 Å². The number of benzene rings is 1. The third-order valence-electron chi connectivity index (χ3n) is 3.40. The Kier molecular flexibility index (Phi) is 2.80. The van der Waals surface area contributed by atoms with Crippen molar-refractivity contribution in [3.05, 3.63) is 33.8 Å². The molecule has 100 valence electrons. The summed E-state index contributed by atoms with van der Waals surface area (Å²) in [6, 6.07) is 6.50. The van der Waals surface area contributed by atoms with E-state index in [1.54, 1.807) is 34.0 Å². The van der Waals surface area contributed by atoms with Crippen LogP contribution in [0.2, 0.25) is 0 Å². The fourth-order valence-corrected chi connectivity index (χ4v) is 5.76. The standard InChI is InChI=1S/C15H10O2S3/c1-17-12(16)7-8-6-11-9-2-4-18-14(9)15-10(3-5-19-15)13(11)20-8/h2-6H,7H2,1H3. The number of thiophene rings is 3. The van der Waals surface area contributed by atoms with Gasteiger partial charge in [-0.15, -0.1) is 34.0 Å². The molecule has 0 bridgehead atoms. The second kappa shape index (κ2) is 4.55. The Labute approximate surface area is 127 Å². The van der Waals surface area contributed by atoms with Crippen molar-refractivity contribution in [3.63, 3.8) is 0 Å². The van der Waals surface area contributed by atoms with Gasteiger partial charge in [0, 0.05) is 25.7 Å². The van der Waals surface area contributed by atoms with Crippen LogP contribution in [0.1, 0.15) is 4.88 Å². The fraction of sp³-hybridized carbons (Fsp3) is 0.133. The molecule has 20 heavy (non-hydrogen) atoms. The summed E-state index contributed by atoms with van der Waals surface area (Å²) in [6.45, 7) is 0. The monoisotopic (exact) mass is 318 g/mol. The first kappa shape index (κ1) is 12.3. The van der Waals surface area contributed by atoms with Crippen LogP contribution < -0.4 is 0 Å². The van der Waals surface area contributed by atoms with Gasteiger partial charge in [-0.3, -0.25) is 4.79 Å². The molecule has 0 aliphatic carbocycles. The lowest BCUT2D eigenvalue weighted by Gasteiger charge is -1.96. The van der Waals surface area contributed by atoms with Crippen LogP contribution in [0.15, 0.2) is 29.0 Å².